The topological polar surface area (TPSA) is 56.8 Å². The molecule has 26 heavy (non-hydrogen) atoms. The van der Waals surface area contributed by atoms with Crippen molar-refractivity contribution in [3.8, 4) is 17.2 Å². The highest BCUT2D eigenvalue weighted by Crippen LogP contribution is 2.29. The molecule has 2 aromatic rings. The molecular weight excluding hydrogens is 330 g/mol. The van der Waals surface area contributed by atoms with Crippen LogP contribution < -0.4 is 19.5 Å². The lowest BCUT2D eigenvalue weighted by Crippen LogP contribution is -2.13. The average molecular weight is 357 g/mol. The van der Waals surface area contributed by atoms with Crippen LogP contribution in [0.1, 0.15) is 31.7 Å². The second-order valence-corrected chi connectivity index (χ2v) is 5.96. The summed E-state index contributed by atoms with van der Waals surface area (Å²) in [6.07, 6.45) is 3.25. The first-order valence-corrected chi connectivity index (χ1v) is 8.90. The van der Waals surface area contributed by atoms with Gasteiger partial charge < -0.3 is 19.5 Å². The van der Waals surface area contributed by atoms with Crippen LogP contribution in [0.2, 0.25) is 0 Å². The van der Waals surface area contributed by atoms with E-state index in [0.29, 0.717) is 36.6 Å². The fourth-order valence-corrected chi connectivity index (χ4v) is 2.60. The van der Waals surface area contributed by atoms with E-state index < -0.39 is 0 Å². The van der Waals surface area contributed by atoms with E-state index in [9.17, 15) is 4.79 Å². The zero-order valence-corrected chi connectivity index (χ0v) is 15.7. The Morgan fingerprint density at radius 2 is 1.73 bits per heavy atom. The predicted molar refractivity (Wildman–Crippen MR) is 103 cm³/mol. The summed E-state index contributed by atoms with van der Waals surface area (Å²) in [7, 11) is 3.14. The normalized spacial score (nSPS) is 10.3. The summed E-state index contributed by atoms with van der Waals surface area (Å²) < 4.78 is 16.1. The van der Waals surface area contributed by atoms with Crippen LogP contribution in [0, 0.1) is 0 Å². The van der Waals surface area contributed by atoms with Crippen molar-refractivity contribution in [1.82, 2.24) is 0 Å². The maximum absolute atomic E-state index is 12.1. The molecular formula is C21H27NO4. The maximum Gasteiger partial charge on any atom is 0.224 e. The van der Waals surface area contributed by atoms with Gasteiger partial charge >= 0.3 is 0 Å². The summed E-state index contributed by atoms with van der Waals surface area (Å²) in [6.45, 7) is 2.67. The Bertz CT molecular complexity index is 698. The monoisotopic (exact) mass is 357 g/mol. The Labute approximate surface area is 155 Å². The molecule has 0 aliphatic heterocycles. The molecule has 0 fully saturated rings. The minimum absolute atomic E-state index is 0.0564. The molecule has 0 saturated heterocycles. The summed E-state index contributed by atoms with van der Waals surface area (Å²) in [5.41, 5.74) is 1.99. The third kappa shape index (κ3) is 5.99. The Balaban J connectivity index is 1.73. The predicted octanol–water partition coefficient (Wildman–Crippen LogP) is 4.45. The van der Waals surface area contributed by atoms with Gasteiger partial charge in [0.25, 0.3) is 0 Å². The van der Waals surface area contributed by atoms with Gasteiger partial charge in [0, 0.05) is 18.2 Å². The Kier molecular flexibility index (Phi) is 7.80. The number of hydrogen-bond acceptors (Lipinski definition) is 4. The molecule has 1 amide bonds. The van der Waals surface area contributed by atoms with Crippen molar-refractivity contribution in [2.75, 3.05) is 26.1 Å². The number of amides is 1. The van der Waals surface area contributed by atoms with Gasteiger partial charge in [0.1, 0.15) is 5.75 Å². The summed E-state index contributed by atoms with van der Waals surface area (Å²) in [5.74, 6) is 1.99. The molecule has 1 N–H and O–H groups in total. The van der Waals surface area contributed by atoms with E-state index in [4.69, 9.17) is 14.2 Å². The number of anilines is 1. The molecule has 0 radical (unpaired) electrons. The van der Waals surface area contributed by atoms with E-state index in [0.717, 1.165) is 18.6 Å². The van der Waals surface area contributed by atoms with Crippen LogP contribution in [0.5, 0.6) is 17.2 Å². The maximum atomic E-state index is 12.1. The van der Waals surface area contributed by atoms with Gasteiger partial charge in [-0.3, -0.25) is 4.79 Å². The fourth-order valence-electron chi connectivity index (χ4n) is 2.60. The van der Waals surface area contributed by atoms with Crippen molar-refractivity contribution in [2.24, 2.45) is 0 Å². The Morgan fingerprint density at radius 1 is 1.00 bits per heavy atom. The first kappa shape index (κ1) is 19.6. The lowest BCUT2D eigenvalue weighted by Gasteiger charge is -2.11. The van der Waals surface area contributed by atoms with Gasteiger partial charge in [-0.15, -0.1) is 0 Å². The largest absolute Gasteiger partial charge is 0.494 e. The van der Waals surface area contributed by atoms with Crippen LogP contribution in [0.4, 0.5) is 5.69 Å². The molecule has 0 heterocycles. The summed E-state index contributed by atoms with van der Waals surface area (Å²) in [5, 5.41) is 2.86. The zero-order valence-electron chi connectivity index (χ0n) is 15.7. The van der Waals surface area contributed by atoms with Gasteiger partial charge in [-0.1, -0.05) is 25.5 Å². The fraction of sp³-hybridized carbons (Fsp3) is 0.381. The summed E-state index contributed by atoms with van der Waals surface area (Å²) in [4.78, 5) is 12.1. The number of hydrogen-bond donors (Lipinski definition) is 1. The molecule has 0 aromatic heterocycles. The van der Waals surface area contributed by atoms with Gasteiger partial charge in [0.15, 0.2) is 11.5 Å². The Morgan fingerprint density at radius 3 is 2.38 bits per heavy atom. The second kappa shape index (κ2) is 10.3. The van der Waals surface area contributed by atoms with Crippen LogP contribution in [0.3, 0.4) is 0 Å². The first-order chi connectivity index (χ1) is 12.7. The van der Waals surface area contributed by atoms with Crippen LogP contribution in [0.15, 0.2) is 42.5 Å². The van der Waals surface area contributed by atoms with Crippen LogP contribution in [-0.2, 0) is 11.2 Å². The molecule has 2 rings (SSSR count). The summed E-state index contributed by atoms with van der Waals surface area (Å²) >= 11 is 0. The second-order valence-electron chi connectivity index (χ2n) is 5.96. The molecule has 140 valence electrons. The SMILES string of the molecule is CCCc1ccc(OCCCC(=O)Nc2ccc(OC)c(OC)c2)cc1. The van der Waals surface area contributed by atoms with E-state index in [1.807, 2.05) is 12.1 Å². The van der Waals surface area contributed by atoms with Crippen LogP contribution in [-0.4, -0.2) is 26.7 Å². The zero-order chi connectivity index (χ0) is 18.8. The molecule has 5 nitrogen and oxygen atoms in total. The number of methoxy groups -OCH3 is 2. The molecule has 0 aliphatic carbocycles. The molecule has 0 saturated carbocycles. The van der Waals surface area contributed by atoms with Crippen molar-refractivity contribution < 1.29 is 19.0 Å². The van der Waals surface area contributed by atoms with Gasteiger partial charge in [-0.05, 0) is 42.7 Å². The van der Waals surface area contributed by atoms with Crippen LogP contribution in [0.25, 0.3) is 0 Å². The number of aryl methyl sites for hydroxylation is 1. The van der Waals surface area contributed by atoms with Crippen molar-refractivity contribution in [3.05, 3.63) is 48.0 Å². The smallest absolute Gasteiger partial charge is 0.224 e. The molecule has 0 bridgehead atoms. The van der Waals surface area contributed by atoms with Crippen LogP contribution >= 0.6 is 0 Å². The third-order valence-corrected chi connectivity index (χ3v) is 3.95. The van der Waals surface area contributed by atoms with Crippen molar-refractivity contribution >= 4 is 11.6 Å². The number of carbonyl (C=O) groups is 1. The van der Waals surface area contributed by atoms with E-state index in [2.05, 4.69) is 24.4 Å². The van der Waals surface area contributed by atoms with Gasteiger partial charge in [0.05, 0.1) is 20.8 Å². The van der Waals surface area contributed by atoms with E-state index in [1.54, 1.807) is 32.4 Å². The molecule has 0 unspecified atom stereocenters. The van der Waals surface area contributed by atoms with Crippen molar-refractivity contribution in [3.63, 3.8) is 0 Å². The highest BCUT2D eigenvalue weighted by atomic mass is 16.5. The molecule has 0 atom stereocenters. The number of carbonyl (C=O) groups excluding carboxylic acids is 1. The highest BCUT2D eigenvalue weighted by Gasteiger charge is 2.07. The highest BCUT2D eigenvalue weighted by molar-refractivity contribution is 5.91. The number of benzene rings is 2. The number of rotatable bonds is 10. The first-order valence-electron chi connectivity index (χ1n) is 8.90. The number of nitrogens with one attached hydrogen (secondary N) is 1. The van der Waals surface area contributed by atoms with E-state index in [1.165, 1.54) is 5.56 Å². The average Bonchev–Trinajstić information content (AvgIpc) is 2.66. The van der Waals surface area contributed by atoms with Gasteiger partial charge in [0.2, 0.25) is 5.91 Å². The molecule has 5 heteroatoms. The van der Waals surface area contributed by atoms with E-state index >= 15 is 0 Å². The molecule has 0 aliphatic rings. The lowest BCUT2D eigenvalue weighted by molar-refractivity contribution is -0.116. The van der Waals surface area contributed by atoms with Crippen molar-refractivity contribution in [2.45, 2.75) is 32.6 Å². The van der Waals surface area contributed by atoms with Gasteiger partial charge in [-0.2, -0.15) is 0 Å². The van der Waals surface area contributed by atoms with Crippen molar-refractivity contribution in [1.29, 1.82) is 0 Å². The standard InChI is InChI=1S/C21H27NO4/c1-4-6-16-8-11-18(12-9-16)26-14-5-7-21(23)22-17-10-13-19(24-2)20(15-17)25-3/h8-13,15H,4-7,14H2,1-3H3,(H,22,23). The quantitative estimate of drug-likeness (QED) is 0.638. The summed E-state index contributed by atoms with van der Waals surface area (Å²) in [6, 6.07) is 13.4. The third-order valence-electron chi connectivity index (χ3n) is 3.95. The minimum Gasteiger partial charge on any atom is -0.494 e. The molecule has 0 spiro atoms. The Hall–Kier alpha value is -2.69. The van der Waals surface area contributed by atoms with E-state index in [-0.39, 0.29) is 5.91 Å². The van der Waals surface area contributed by atoms with Gasteiger partial charge in [-0.25, -0.2) is 0 Å². The molecule has 2 aromatic carbocycles. The lowest BCUT2D eigenvalue weighted by atomic mass is 10.1. The minimum atomic E-state index is -0.0564. The number of ether oxygens (including phenoxy) is 3.